The molecule has 0 spiro atoms. The highest BCUT2D eigenvalue weighted by atomic mass is 79.9. The predicted octanol–water partition coefficient (Wildman–Crippen LogP) is 4.71. The van der Waals surface area contributed by atoms with Crippen LogP contribution < -0.4 is 0 Å². The van der Waals surface area contributed by atoms with Gasteiger partial charge in [-0.3, -0.25) is 0 Å². The third kappa shape index (κ3) is 3.02. The van der Waals surface area contributed by atoms with E-state index >= 15 is 0 Å². The number of rotatable bonds is 2. The molecule has 0 atom stereocenters. The molecule has 2 rings (SSSR count). The summed E-state index contributed by atoms with van der Waals surface area (Å²) in [5, 5.41) is 9.93. The second-order valence-electron chi connectivity index (χ2n) is 4.07. The molecule has 2 aromatic carbocycles. The zero-order valence-corrected chi connectivity index (χ0v) is 11.7. The van der Waals surface area contributed by atoms with E-state index < -0.39 is 0 Å². The summed E-state index contributed by atoms with van der Waals surface area (Å²) in [6, 6.07) is 12.1. The molecule has 2 aromatic rings. The molecule has 0 saturated heterocycles. The topological polar surface area (TPSA) is 20.2 Å². The van der Waals surface area contributed by atoms with Crippen molar-refractivity contribution >= 4 is 27.5 Å². The van der Waals surface area contributed by atoms with Crippen LogP contribution >= 0.6 is 27.5 Å². The number of aromatic hydroxyl groups is 1. The summed E-state index contributed by atoms with van der Waals surface area (Å²) < 4.78 is 0.632. The molecule has 0 bridgehead atoms. The first-order chi connectivity index (χ1) is 8.06. The standard InChI is InChI=1S/C14H12BrClO/c1-9-2-4-10(5-3-9)6-11-7-12(15)14(17)13(16)8-11/h2-5,7-8,17H,6H2,1H3. The van der Waals surface area contributed by atoms with Gasteiger partial charge in [0, 0.05) is 0 Å². The number of phenols is 1. The molecule has 0 amide bonds. The van der Waals surface area contributed by atoms with Gasteiger partial charge in [0.05, 0.1) is 9.50 Å². The quantitative estimate of drug-likeness (QED) is 0.852. The van der Waals surface area contributed by atoms with Crippen LogP contribution in [-0.2, 0) is 6.42 Å². The van der Waals surface area contributed by atoms with Crippen molar-refractivity contribution < 1.29 is 5.11 Å². The van der Waals surface area contributed by atoms with E-state index in [-0.39, 0.29) is 5.75 Å². The third-order valence-corrected chi connectivity index (χ3v) is 3.50. The maximum Gasteiger partial charge on any atom is 0.148 e. The molecule has 0 unspecified atom stereocenters. The van der Waals surface area contributed by atoms with Gasteiger partial charge in [-0.05, 0) is 52.5 Å². The summed E-state index contributed by atoms with van der Waals surface area (Å²) in [6.45, 7) is 2.07. The number of halogens is 2. The highest BCUT2D eigenvalue weighted by molar-refractivity contribution is 9.10. The molecule has 0 aliphatic heterocycles. The minimum atomic E-state index is 0.0966. The Bertz CT molecular complexity index is 511. The number of phenolic OH excluding ortho intramolecular Hbond substituents is 1. The van der Waals surface area contributed by atoms with Crippen LogP contribution in [-0.4, -0.2) is 5.11 Å². The van der Waals surface area contributed by atoms with E-state index in [1.54, 1.807) is 6.07 Å². The van der Waals surface area contributed by atoms with E-state index in [1.807, 2.05) is 6.07 Å². The van der Waals surface area contributed by atoms with Crippen LogP contribution in [0.5, 0.6) is 5.75 Å². The lowest BCUT2D eigenvalue weighted by atomic mass is 10.0. The summed E-state index contributed by atoms with van der Waals surface area (Å²) in [7, 11) is 0. The normalized spacial score (nSPS) is 10.5. The second-order valence-corrected chi connectivity index (χ2v) is 5.33. The van der Waals surface area contributed by atoms with Gasteiger partial charge in [-0.15, -0.1) is 0 Å². The molecular weight excluding hydrogens is 300 g/mol. The first-order valence-electron chi connectivity index (χ1n) is 5.28. The third-order valence-electron chi connectivity index (χ3n) is 2.61. The van der Waals surface area contributed by atoms with Crippen molar-refractivity contribution in [2.24, 2.45) is 0 Å². The van der Waals surface area contributed by atoms with Crippen LogP contribution in [0.1, 0.15) is 16.7 Å². The highest BCUT2D eigenvalue weighted by Gasteiger charge is 2.06. The van der Waals surface area contributed by atoms with Crippen molar-refractivity contribution in [1.82, 2.24) is 0 Å². The summed E-state index contributed by atoms with van der Waals surface area (Å²) in [5.41, 5.74) is 3.55. The fourth-order valence-corrected chi connectivity index (χ4v) is 2.53. The van der Waals surface area contributed by atoms with Crippen molar-refractivity contribution in [2.45, 2.75) is 13.3 Å². The molecule has 0 aliphatic rings. The average Bonchev–Trinajstić information content (AvgIpc) is 2.29. The Morgan fingerprint density at radius 2 is 1.76 bits per heavy atom. The molecular formula is C14H12BrClO. The summed E-state index contributed by atoms with van der Waals surface area (Å²) in [5.74, 6) is 0.0966. The zero-order valence-electron chi connectivity index (χ0n) is 9.37. The smallest absolute Gasteiger partial charge is 0.148 e. The average molecular weight is 312 g/mol. The van der Waals surface area contributed by atoms with Gasteiger partial charge >= 0.3 is 0 Å². The van der Waals surface area contributed by atoms with Gasteiger partial charge in [-0.2, -0.15) is 0 Å². The maximum absolute atomic E-state index is 9.55. The summed E-state index contributed by atoms with van der Waals surface area (Å²) in [4.78, 5) is 0. The SMILES string of the molecule is Cc1ccc(Cc2cc(Cl)c(O)c(Br)c2)cc1. The largest absolute Gasteiger partial charge is 0.505 e. The van der Waals surface area contributed by atoms with E-state index in [0.717, 1.165) is 12.0 Å². The van der Waals surface area contributed by atoms with Crippen molar-refractivity contribution in [2.75, 3.05) is 0 Å². The Hall–Kier alpha value is -0.990. The van der Waals surface area contributed by atoms with E-state index in [2.05, 4.69) is 47.1 Å². The van der Waals surface area contributed by atoms with Gasteiger partial charge < -0.3 is 5.11 Å². The van der Waals surface area contributed by atoms with E-state index in [0.29, 0.717) is 9.50 Å². The van der Waals surface area contributed by atoms with E-state index in [9.17, 15) is 5.11 Å². The monoisotopic (exact) mass is 310 g/mol. The van der Waals surface area contributed by atoms with Crippen LogP contribution in [0.2, 0.25) is 5.02 Å². The summed E-state index contributed by atoms with van der Waals surface area (Å²) >= 11 is 9.22. The van der Waals surface area contributed by atoms with Crippen molar-refractivity contribution in [3.05, 3.63) is 62.6 Å². The molecule has 88 valence electrons. The molecule has 0 aromatic heterocycles. The fourth-order valence-electron chi connectivity index (χ4n) is 1.66. The van der Waals surface area contributed by atoms with Crippen LogP contribution in [0.4, 0.5) is 0 Å². The van der Waals surface area contributed by atoms with Gasteiger partial charge in [-0.1, -0.05) is 41.4 Å². The van der Waals surface area contributed by atoms with Crippen LogP contribution in [0.3, 0.4) is 0 Å². The molecule has 3 heteroatoms. The lowest BCUT2D eigenvalue weighted by Crippen LogP contribution is -1.89. The summed E-state index contributed by atoms with van der Waals surface area (Å²) in [6.07, 6.45) is 0.804. The first kappa shape index (κ1) is 12.5. The minimum absolute atomic E-state index is 0.0966. The van der Waals surface area contributed by atoms with Crippen LogP contribution in [0, 0.1) is 6.92 Å². The van der Waals surface area contributed by atoms with Gasteiger partial charge in [0.15, 0.2) is 0 Å². The lowest BCUT2D eigenvalue weighted by molar-refractivity contribution is 0.472. The van der Waals surface area contributed by atoms with Crippen molar-refractivity contribution in [1.29, 1.82) is 0 Å². The molecule has 0 heterocycles. The molecule has 0 saturated carbocycles. The fraction of sp³-hybridized carbons (Fsp3) is 0.143. The Morgan fingerprint density at radius 3 is 2.35 bits per heavy atom. The van der Waals surface area contributed by atoms with Crippen molar-refractivity contribution in [3.8, 4) is 5.75 Å². The molecule has 1 N–H and O–H groups in total. The number of benzene rings is 2. The van der Waals surface area contributed by atoms with Gasteiger partial charge in [0.2, 0.25) is 0 Å². The molecule has 1 nitrogen and oxygen atoms in total. The Morgan fingerprint density at radius 1 is 1.12 bits per heavy atom. The Kier molecular flexibility index (Phi) is 3.75. The Labute approximate surface area is 114 Å². The van der Waals surface area contributed by atoms with Gasteiger partial charge in [0.1, 0.15) is 5.75 Å². The van der Waals surface area contributed by atoms with E-state index in [1.165, 1.54) is 11.1 Å². The van der Waals surface area contributed by atoms with Gasteiger partial charge in [-0.25, -0.2) is 0 Å². The zero-order chi connectivity index (χ0) is 12.4. The number of hydrogen-bond donors (Lipinski definition) is 1. The molecule has 0 aliphatic carbocycles. The number of aryl methyl sites for hydroxylation is 1. The number of hydrogen-bond acceptors (Lipinski definition) is 1. The van der Waals surface area contributed by atoms with Crippen molar-refractivity contribution in [3.63, 3.8) is 0 Å². The van der Waals surface area contributed by atoms with E-state index in [4.69, 9.17) is 11.6 Å². The predicted molar refractivity (Wildman–Crippen MR) is 74.8 cm³/mol. The minimum Gasteiger partial charge on any atom is -0.505 e. The van der Waals surface area contributed by atoms with Crippen LogP contribution in [0.25, 0.3) is 0 Å². The molecule has 0 radical (unpaired) electrons. The first-order valence-corrected chi connectivity index (χ1v) is 6.46. The lowest BCUT2D eigenvalue weighted by Gasteiger charge is -2.06. The second kappa shape index (κ2) is 5.11. The molecule has 0 fully saturated rings. The van der Waals surface area contributed by atoms with Crippen LogP contribution in [0.15, 0.2) is 40.9 Å². The molecule has 17 heavy (non-hydrogen) atoms. The highest BCUT2D eigenvalue weighted by Crippen LogP contribution is 2.33. The maximum atomic E-state index is 9.55. The Balaban J connectivity index is 2.27. The van der Waals surface area contributed by atoms with Gasteiger partial charge in [0.25, 0.3) is 0 Å².